The number of fused-ring (bicyclic) bond motifs is 5. The highest BCUT2D eigenvalue weighted by Crippen LogP contribution is 2.34. The standard InChI is InChI=1S/C18H16N2O4/c1-4-5-12-16-15(14-9(2)20-24-17(14)19-12)11-8-10(22-3)6-7-13(11)23-18(16)21/h6-8H,4-5H2,1-3H3. The van der Waals surface area contributed by atoms with Gasteiger partial charge in [-0.15, -0.1) is 0 Å². The summed E-state index contributed by atoms with van der Waals surface area (Å²) in [6.07, 6.45) is 1.52. The Labute approximate surface area is 137 Å². The van der Waals surface area contributed by atoms with E-state index in [1.807, 2.05) is 19.9 Å². The van der Waals surface area contributed by atoms with Crippen molar-refractivity contribution in [2.24, 2.45) is 0 Å². The number of nitrogens with zero attached hydrogens (tertiary/aromatic N) is 2. The molecule has 4 aromatic rings. The third-order valence-electron chi connectivity index (χ3n) is 4.22. The SMILES string of the molecule is CCCc1nc2onc(C)c2c2c1c(=O)oc1ccc(OC)cc12. The van der Waals surface area contributed by atoms with E-state index in [-0.39, 0.29) is 5.63 Å². The minimum atomic E-state index is -0.388. The average Bonchev–Trinajstić information content (AvgIpc) is 2.95. The van der Waals surface area contributed by atoms with E-state index in [2.05, 4.69) is 10.1 Å². The maximum absolute atomic E-state index is 12.6. The van der Waals surface area contributed by atoms with Crippen LogP contribution in [0, 0.1) is 6.92 Å². The number of aryl methyl sites for hydroxylation is 2. The van der Waals surface area contributed by atoms with Gasteiger partial charge < -0.3 is 13.7 Å². The lowest BCUT2D eigenvalue weighted by Gasteiger charge is -2.08. The van der Waals surface area contributed by atoms with Gasteiger partial charge in [-0.3, -0.25) is 0 Å². The van der Waals surface area contributed by atoms with Gasteiger partial charge in [-0.05, 0) is 31.5 Å². The zero-order valence-electron chi connectivity index (χ0n) is 13.7. The molecule has 122 valence electrons. The normalized spacial score (nSPS) is 11.6. The molecule has 4 rings (SSSR count). The quantitative estimate of drug-likeness (QED) is 0.422. The van der Waals surface area contributed by atoms with Gasteiger partial charge in [0.05, 0.1) is 29.3 Å². The minimum absolute atomic E-state index is 0.388. The van der Waals surface area contributed by atoms with Crippen LogP contribution in [0.15, 0.2) is 31.9 Å². The molecule has 0 saturated heterocycles. The Morgan fingerprint density at radius 2 is 2.04 bits per heavy atom. The van der Waals surface area contributed by atoms with Crippen molar-refractivity contribution in [2.75, 3.05) is 7.11 Å². The Morgan fingerprint density at radius 1 is 1.21 bits per heavy atom. The van der Waals surface area contributed by atoms with Gasteiger partial charge in [-0.1, -0.05) is 18.5 Å². The summed E-state index contributed by atoms with van der Waals surface area (Å²) in [5, 5.41) is 6.83. The minimum Gasteiger partial charge on any atom is -0.497 e. The van der Waals surface area contributed by atoms with E-state index in [4.69, 9.17) is 13.7 Å². The third kappa shape index (κ3) is 1.99. The second-order valence-electron chi connectivity index (χ2n) is 5.76. The van der Waals surface area contributed by atoms with E-state index in [0.29, 0.717) is 40.2 Å². The summed E-state index contributed by atoms with van der Waals surface area (Å²) < 4.78 is 16.2. The second kappa shape index (κ2) is 5.33. The van der Waals surface area contributed by atoms with Gasteiger partial charge in [0.15, 0.2) is 0 Å². The third-order valence-corrected chi connectivity index (χ3v) is 4.22. The van der Waals surface area contributed by atoms with E-state index in [1.54, 1.807) is 19.2 Å². The molecule has 6 heteroatoms. The maximum Gasteiger partial charge on any atom is 0.346 e. The molecule has 3 heterocycles. The van der Waals surface area contributed by atoms with Crippen LogP contribution >= 0.6 is 0 Å². The molecule has 0 N–H and O–H groups in total. The van der Waals surface area contributed by atoms with Gasteiger partial charge in [-0.25, -0.2) is 9.78 Å². The second-order valence-corrected chi connectivity index (χ2v) is 5.76. The predicted octanol–water partition coefficient (Wildman–Crippen LogP) is 3.75. The topological polar surface area (TPSA) is 78.4 Å². The monoisotopic (exact) mass is 324 g/mol. The lowest BCUT2D eigenvalue weighted by atomic mass is 10.0. The Balaban J connectivity index is 2.33. The zero-order chi connectivity index (χ0) is 16.8. The Morgan fingerprint density at radius 3 is 2.79 bits per heavy atom. The average molecular weight is 324 g/mol. The van der Waals surface area contributed by atoms with Crippen LogP contribution in [-0.2, 0) is 6.42 Å². The van der Waals surface area contributed by atoms with Crippen LogP contribution < -0.4 is 10.4 Å². The molecule has 0 aliphatic carbocycles. The predicted molar refractivity (Wildman–Crippen MR) is 90.6 cm³/mol. The number of benzene rings is 1. The Bertz CT molecular complexity index is 1140. The van der Waals surface area contributed by atoms with Crippen LogP contribution in [0.4, 0.5) is 0 Å². The first kappa shape index (κ1) is 14.7. The molecule has 0 spiro atoms. The van der Waals surface area contributed by atoms with Crippen molar-refractivity contribution in [1.29, 1.82) is 0 Å². The smallest absolute Gasteiger partial charge is 0.346 e. The summed E-state index contributed by atoms with van der Waals surface area (Å²) >= 11 is 0. The molecular formula is C18H16N2O4. The largest absolute Gasteiger partial charge is 0.497 e. The lowest BCUT2D eigenvalue weighted by molar-refractivity contribution is 0.415. The molecule has 1 aromatic carbocycles. The molecule has 0 saturated carbocycles. The fraction of sp³-hybridized carbons (Fsp3) is 0.278. The van der Waals surface area contributed by atoms with Crippen LogP contribution in [-0.4, -0.2) is 17.3 Å². The molecule has 0 aliphatic heterocycles. The molecule has 6 nitrogen and oxygen atoms in total. The van der Waals surface area contributed by atoms with E-state index in [9.17, 15) is 4.79 Å². The first-order valence-corrected chi connectivity index (χ1v) is 7.83. The summed E-state index contributed by atoms with van der Waals surface area (Å²) in [4.78, 5) is 17.1. The van der Waals surface area contributed by atoms with E-state index in [0.717, 1.165) is 22.6 Å². The number of aromatic nitrogens is 2. The van der Waals surface area contributed by atoms with Crippen molar-refractivity contribution < 1.29 is 13.7 Å². The van der Waals surface area contributed by atoms with Crippen molar-refractivity contribution in [3.8, 4) is 5.75 Å². The summed E-state index contributed by atoms with van der Waals surface area (Å²) in [6, 6.07) is 5.37. The molecule has 0 unspecified atom stereocenters. The van der Waals surface area contributed by atoms with Crippen LogP contribution in [0.5, 0.6) is 5.75 Å². The van der Waals surface area contributed by atoms with Crippen molar-refractivity contribution in [3.05, 3.63) is 40.0 Å². The number of pyridine rings is 1. The lowest BCUT2D eigenvalue weighted by Crippen LogP contribution is -2.06. The van der Waals surface area contributed by atoms with Crippen molar-refractivity contribution in [2.45, 2.75) is 26.7 Å². The molecule has 0 atom stereocenters. The van der Waals surface area contributed by atoms with Gasteiger partial charge in [-0.2, -0.15) is 0 Å². The Kier molecular flexibility index (Phi) is 3.26. The number of hydrogen-bond acceptors (Lipinski definition) is 6. The fourth-order valence-corrected chi connectivity index (χ4v) is 3.15. The summed E-state index contributed by atoms with van der Waals surface area (Å²) in [7, 11) is 1.60. The van der Waals surface area contributed by atoms with Gasteiger partial charge >= 0.3 is 5.63 Å². The first-order valence-electron chi connectivity index (χ1n) is 7.83. The molecule has 3 aromatic heterocycles. The highest BCUT2D eigenvalue weighted by atomic mass is 16.5. The highest BCUT2D eigenvalue weighted by Gasteiger charge is 2.20. The molecule has 0 radical (unpaired) electrons. The van der Waals surface area contributed by atoms with Gasteiger partial charge in [0.25, 0.3) is 5.71 Å². The van der Waals surface area contributed by atoms with Crippen molar-refractivity contribution in [3.63, 3.8) is 0 Å². The molecule has 0 amide bonds. The fourth-order valence-electron chi connectivity index (χ4n) is 3.15. The van der Waals surface area contributed by atoms with Crippen molar-refractivity contribution in [1.82, 2.24) is 10.1 Å². The van der Waals surface area contributed by atoms with Gasteiger partial charge in [0, 0.05) is 10.8 Å². The van der Waals surface area contributed by atoms with Crippen molar-refractivity contribution >= 4 is 32.8 Å². The molecule has 0 fully saturated rings. The van der Waals surface area contributed by atoms with E-state index >= 15 is 0 Å². The van der Waals surface area contributed by atoms with Gasteiger partial charge in [0.2, 0.25) is 0 Å². The summed E-state index contributed by atoms with van der Waals surface area (Å²) in [6.45, 7) is 3.88. The highest BCUT2D eigenvalue weighted by molar-refractivity contribution is 6.18. The van der Waals surface area contributed by atoms with Crippen LogP contribution in [0.2, 0.25) is 0 Å². The Hall–Kier alpha value is -2.89. The molecule has 0 aliphatic rings. The summed E-state index contributed by atoms with van der Waals surface area (Å²) in [5.41, 5.74) is 1.93. The first-order chi connectivity index (χ1) is 11.6. The van der Waals surface area contributed by atoms with Gasteiger partial charge in [0.1, 0.15) is 11.3 Å². The van der Waals surface area contributed by atoms with E-state index in [1.165, 1.54) is 0 Å². The van der Waals surface area contributed by atoms with E-state index < -0.39 is 0 Å². The maximum atomic E-state index is 12.6. The molecule has 0 bridgehead atoms. The molecule has 24 heavy (non-hydrogen) atoms. The van der Waals surface area contributed by atoms with Crippen LogP contribution in [0.25, 0.3) is 32.8 Å². The van der Waals surface area contributed by atoms with Crippen LogP contribution in [0.1, 0.15) is 24.7 Å². The van der Waals surface area contributed by atoms with Crippen LogP contribution in [0.3, 0.4) is 0 Å². The molecular weight excluding hydrogens is 308 g/mol. The number of ether oxygens (including phenoxy) is 1. The number of rotatable bonds is 3. The summed E-state index contributed by atoms with van der Waals surface area (Å²) in [5.74, 6) is 0.689. The zero-order valence-corrected chi connectivity index (χ0v) is 13.7. The number of hydrogen-bond donors (Lipinski definition) is 0. The number of methoxy groups -OCH3 is 1.